The first-order chi connectivity index (χ1) is 8.69. The first-order valence-corrected chi connectivity index (χ1v) is 7.64. The van der Waals surface area contributed by atoms with Crippen LogP contribution in [0.2, 0.25) is 0 Å². The lowest BCUT2D eigenvalue weighted by Crippen LogP contribution is -2.40. The fraction of sp³-hybridized carbons (Fsp3) is 0.933. The summed E-state index contributed by atoms with van der Waals surface area (Å²) in [7, 11) is 1.91. The van der Waals surface area contributed by atoms with Crippen molar-refractivity contribution in [1.82, 2.24) is 10.2 Å². The lowest BCUT2D eigenvalue weighted by Gasteiger charge is -2.22. The monoisotopic (exact) mass is 379 g/mol. The minimum Gasteiger partial charge on any atom is -0.356 e. The number of hydrogen-bond acceptors (Lipinski definition) is 1. The van der Waals surface area contributed by atoms with Gasteiger partial charge in [0.2, 0.25) is 0 Å². The standard InChI is InChI=1S/C15H29N3.HI/c1-12(2)10-14-7-9-18(11-14)15(16-3)17-8-6-13-4-5-13;/h12-14H,4-11H2,1-3H3,(H,16,17);1H. The summed E-state index contributed by atoms with van der Waals surface area (Å²) in [5, 5.41) is 3.53. The first-order valence-electron chi connectivity index (χ1n) is 7.64. The lowest BCUT2D eigenvalue weighted by atomic mass is 9.97. The van der Waals surface area contributed by atoms with Gasteiger partial charge in [0.15, 0.2) is 5.96 Å². The summed E-state index contributed by atoms with van der Waals surface area (Å²) in [5.41, 5.74) is 0. The van der Waals surface area contributed by atoms with Gasteiger partial charge in [-0.3, -0.25) is 4.99 Å². The quantitative estimate of drug-likeness (QED) is 0.451. The van der Waals surface area contributed by atoms with Crippen molar-refractivity contribution in [1.29, 1.82) is 0 Å². The summed E-state index contributed by atoms with van der Waals surface area (Å²) in [6, 6.07) is 0. The number of hydrogen-bond donors (Lipinski definition) is 1. The summed E-state index contributed by atoms with van der Waals surface area (Å²) >= 11 is 0. The summed E-state index contributed by atoms with van der Waals surface area (Å²) in [6.07, 6.45) is 6.90. The van der Waals surface area contributed by atoms with Crippen LogP contribution in [0.4, 0.5) is 0 Å². The average molecular weight is 379 g/mol. The summed E-state index contributed by atoms with van der Waals surface area (Å²) in [4.78, 5) is 6.88. The van der Waals surface area contributed by atoms with E-state index < -0.39 is 0 Å². The molecule has 0 aromatic carbocycles. The van der Waals surface area contributed by atoms with Crippen LogP contribution in [0.3, 0.4) is 0 Å². The zero-order valence-electron chi connectivity index (χ0n) is 12.7. The highest BCUT2D eigenvalue weighted by atomic mass is 127. The fourth-order valence-electron chi connectivity index (χ4n) is 3.01. The van der Waals surface area contributed by atoms with Crippen molar-refractivity contribution in [2.45, 2.75) is 46.0 Å². The third-order valence-electron chi connectivity index (χ3n) is 4.13. The Kier molecular flexibility index (Phi) is 7.47. The second kappa shape index (κ2) is 8.32. The largest absolute Gasteiger partial charge is 0.356 e. The van der Waals surface area contributed by atoms with Crippen LogP contribution in [0.15, 0.2) is 4.99 Å². The van der Waals surface area contributed by atoms with E-state index in [1.807, 2.05) is 7.05 Å². The summed E-state index contributed by atoms with van der Waals surface area (Å²) in [5.74, 6) is 3.82. The van der Waals surface area contributed by atoms with Crippen LogP contribution in [0.25, 0.3) is 0 Å². The molecule has 0 radical (unpaired) electrons. The molecule has 3 nitrogen and oxygen atoms in total. The van der Waals surface area contributed by atoms with E-state index in [-0.39, 0.29) is 24.0 Å². The van der Waals surface area contributed by atoms with Gasteiger partial charge in [0.05, 0.1) is 0 Å². The van der Waals surface area contributed by atoms with Gasteiger partial charge >= 0.3 is 0 Å². The second-order valence-electron chi connectivity index (χ2n) is 6.44. The predicted octanol–water partition coefficient (Wildman–Crippen LogP) is 3.35. The molecule has 112 valence electrons. The Labute approximate surface area is 135 Å². The van der Waals surface area contributed by atoms with Gasteiger partial charge in [0.25, 0.3) is 0 Å². The zero-order chi connectivity index (χ0) is 13.0. The van der Waals surface area contributed by atoms with Gasteiger partial charge in [-0.15, -0.1) is 24.0 Å². The molecule has 1 aliphatic heterocycles. The molecule has 1 heterocycles. The van der Waals surface area contributed by atoms with Gasteiger partial charge in [0.1, 0.15) is 0 Å². The lowest BCUT2D eigenvalue weighted by molar-refractivity contribution is 0.403. The molecule has 0 aromatic rings. The Morgan fingerprint density at radius 3 is 2.58 bits per heavy atom. The highest BCUT2D eigenvalue weighted by Crippen LogP contribution is 2.31. The molecule has 1 saturated carbocycles. The van der Waals surface area contributed by atoms with Gasteiger partial charge in [-0.05, 0) is 37.0 Å². The molecule has 1 aliphatic carbocycles. The maximum Gasteiger partial charge on any atom is 0.193 e. The van der Waals surface area contributed by atoms with Crippen molar-refractivity contribution in [3.8, 4) is 0 Å². The van der Waals surface area contributed by atoms with Crippen LogP contribution < -0.4 is 5.32 Å². The molecule has 1 atom stereocenters. The van der Waals surface area contributed by atoms with Crippen LogP contribution in [0.1, 0.15) is 46.0 Å². The van der Waals surface area contributed by atoms with E-state index in [4.69, 9.17) is 0 Å². The zero-order valence-corrected chi connectivity index (χ0v) is 15.0. The summed E-state index contributed by atoms with van der Waals surface area (Å²) < 4.78 is 0. The molecule has 2 rings (SSSR count). The van der Waals surface area contributed by atoms with Gasteiger partial charge < -0.3 is 10.2 Å². The summed E-state index contributed by atoms with van der Waals surface area (Å²) in [6.45, 7) is 8.13. The van der Waals surface area contributed by atoms with E-state index in [1.54, 1.807) is 0 Å². The van der Waals surface area contributed by atoms with Gasteiger partial charge in [-0.1, -0.05) is 26.7 Å². The van der Waals surface area contributed by atoms with Crippen LogP contribution in [-0.2, 0) is 0 Å². The van der Waals surface area contributed by atoms with Crippen molar-refractivity contribution in [3.63, 3.8) is 0 Å². The Morgan fingerprint density at radius 2 is 2.00 bits per heavy atom. The highest BCUT2D eigenvalue weighted by Gasteiger charge is 2.26. The van der Waals surface area contributed by atoms with E-state index in [0.29, 0.717) is 0 Å². The minimum absolute atomic E-state index is 0. The SMILES string of the molecule is CN=C(NCCC1CC1)N1CCC(CC(C)C)C1.I. The Hall–Kier alpha value is 0. The number of nitrogens with zero attached hydrogens (tertiary/aromatic N) is 2. The number of nitrogens with one attached hydrogen (secondary N) is 1. The Morgan fingerprint density at radius 1 is 1.26 bits per heavy atom. The topological polar surface area (TPSA) is 27.6 Å². The van der Waals surface area contributed by atoms with Crippen molar-refractivity contribution in [2.24, 2.45) is 22.7 Å². The molecule has 19 heavy (non-hydrogen) atoms. The van der Waals surface area contributed by atoms with Gasteiger partial charge in [-0.2, -0.15) is 0 Å². The minimum atomic E-state index is 0. The van der Waals surface area contributed by atoms with E-state index in [0.717, 1.165) is 30.3 Å². The molecule has 0 bridgehead atoms. The number of guanidine groups is 1. The van der Waals surface area contributed by atoms with E-state index in [1.165, 1.54) is 45.2 Å². The maximum absolute atomic E-state index is 4.43. The van der Waals surface area contributed by atoms with Crippen LogP contribution in [0.5, 0.6) is 0 Å². The van der Waals surface area contributed by atoms with E-state index >= 15 is 0 Å². The molecule has 1 unspecified atom stereocenters. The molecule has 0 spiro atoms. The van der Waals surface area contributed by atoms with E-state index in [9.17, 15) is 0 Å². The third-order valence-corrected chi connectivity index (χ3v) is 4.13. The molecule has 0 amide bonds. The van der Waals surface area contributed by atoms with E-state index in [2.05, 4.69) is 29.1 Å². The fourth-order valence-corrected chi connectivity index (χ4v) is 3.01. The molecule has 1 N–H and O–H groups in total. The maximum atomic E-state index is 4.43. The van der Waals surface area contributed by atoms with Gasteiger partial charge in [0, 0.05) is 26.7 Å². The normalized spacial score (nSPS) is 23.7. The molecule has 2 aliphatic rings. The molecular formula is C15H30IN3. The Bertz CT molecular complexity index is 287. The van der Waals surface area contributed by atoms with Crippen molar-refractivity contribution < 1.29 is 0 Å². The number of likely N-dealkylation sites (tertiary alicyclic amines) is 1. The average Bonchev–Trinajstić information content (AvgIpc) is 3.04. The van der Waals surface area contributed by atoms with Crippen LogP contribution in [-0.4, -0.2) is 37.5 Å². The molecule has 2 fully saturated rings. The predicted molar refractivity (Wildman–Crippen MR) is 93.3 cm³/mol. The number of halogens is 1. The second-order valence-corrected chi connectivity index (χ2v) is 6.44. The highest BCUT2D eigenvalue weighted by molar-refractivity contribution is 14.0. The smallest absolute Gasteiger partial charge is 0.193 e. The molecular weight excluding hydrogens is 349 g/mol. The molecule has 1 saturated heterocycles. The molecule has 4 heteroatoms. The van der Waals surface area contributed by atoms with Crippen molar-refractivity contribution in [2.75, 3.05) is 26.7 Å². The first kappa shape index (κ1) is 17.1. The van der Waals surface area contributed by atoms with Gasteiger partial charge in [-0.25, -0.2) is 0 Å². The van der Waals surface area contributed by atoms with Crippen LogP contribution >= 0.6 is 24.0 Å². The van der Waals surface area contributed by atoms with Crippen molar-refractivity contribution >= 4 is 29.9 Å². The molecule has 0 aromatic heterocycles. The number of aliphatic imine (C=N–C) groups is 1. The van der Waals surface area contributed by atoms with Crippen LogP contribution in [0, 0.1) is 17.8 Å². The van der Waals surface area contributed by atoms with Crippen molar-refractivity contribution in [3.05, 3.63) is 0 Å². The number of rotatable bonds is 5. The Balaban J connectivity index is 0.00000180. The third kappa shape index (κ3) is 5.88.